The zero-order valence-corrected chi connectivity index (χ0v) is 9.86. The highest BCUT2D eigenvalue weighted by molar-refractivity contribution is 5.85. The van der Waals surface area contributed by atoms with Gasteiger partial charge in [0.1, 0.15) is 5.75 Å². The molecule has 2 rings (SSSR count). The lowest BCUT2D eigenvalue weighted by atomic mass is 10.2. The van der Waals surface area contributed by atoms with Gasteiger partial charge in [-0.3, -0.25) is 0 Å². The molecule has 2 aromatic rings. The van der Waals surface area contributed by atoms with Crippen molar-refractivity contribution in [1.82, 2.24) is 4.57 Å². The zero-order valence-electron chi connectivity index (χ0n) is 9.86. The van der Waals surface area contributed by atoms with Gasteiger partial charge < -0.3 is 15.0 Å². The summed E-state index contributed by atoms with van der Waals surface area (Å²) in [5, 5.41) is 1.29. The molecule has 3 nitrogen and oxygen atoms in total. The molecule has 16 heavy (non-hydrogen) atoms. The van der Waals surface area contributed by atoms with E-state index in [1.807, 2.05) is 6.07 Å². The Hall–Kier alpha value is -1.48. The van der Waals surface area contributed by atoms with Crippen LogP contribution in [0.4, 0.5) is 0 Å². The minimum atomic E-state index is 0.725. The van der Waals surface area contributed by atoms with Crippen molar-refractivity contribution in [2.75, 3.05) is 13.7 Å². The Labute approximate surface area is 95.8 Å². The largest absolute Gasteiger partial charge is 0.497 e. The van der Waals surface area contributed by atoms with E-state index in [0.717, 1.165) is 25.3 Å². The van der Waals surface area contributed by atoms with Crippen LogP contribution in [0.1, 0.15) is 12.0 Å². The van der Waals surface area contributed by atoms with E-state index < -0.39 is 0 Å². The van der Waals surface area contributed by atoms with E-state index in [-0.39, 0.29) is 0 Å². The molecule has 0 aliphatic carbocycles. The molecule has 0 aliphatic rings. The molecule has 0 saturated heterocycles. The second kappa shape index (κ2) is 4.58. The van der Waals surface area contributed by atoms with E-state index >= 15 is 0 Å². The van der Waals surface area contributed by atoms with E-state index in [1.165, 1.54) is 16.5 Å². The summed E-state index contributed by atoms with van der Waals surface area (Å²) in [5.74, 6) is 0.902. The van der Waals surface area contributed by atoms with Crippen molar-refractivity contribution in [3.05, 3.63) is 30.0 Å². The summed E-state index contributed by atoms with van der Waals surface area (Å²) < 4.78 is 7.50. The van der Waals surface area contributed by atoms with E-state index in [0.29, 0.717) is 0 Å². The van der Waals surface area contributed by atoms with Crippen molar-refractivity contribution in [3.8, 4) is 5.75 Å². The Morgan fingerprint density at radius 3 is 2.88 bits per heavy atom. The molecule has 0 amide bonds. The van der Waals surface area contributed by atoms with E-state index in [1.54, 1.807) is 7.11 Å². The van der Waals surface area contributed by atoms with Crippen LogP contribution in [-0.4, -0.2) is 18.2 Å². The van der Waals surface area contributed by atoms with Gasteiger partial charge in [-0.15, -0.1) is 0 Å². The van der Waals surface area contributed by atoms with Crippen LogP contribution in [0.2, 0.25) is 0 Å². The highest BCUT2D eigenvalue weighted by Gasteiger charge is 2.06. The van der Waals surface area contributed by atoms with Crippen molar-refractivity contribution in [2.24, 2.45) is 5.73 Å². The Kier molecular flexibility index (Phi) is 3.15. The quantitative estimate of drug-likeness (QED) is 0.855. The lowest BCUT2D eigenvalue weighted by molar-refractivity contribution is 0.415. The number of aromatic nitrogens is 1. The summed E-state index contributed by atoms with van der Waals surface area (Å²) >= 11 is 0. The van der Waals surface area contributed by atoms with Crippen LogP contribution < -0.4 is 10.5 Å². The van der Waals surface area contributed by atoms with Crippen LogP contribution in [0, 0.1) is 6.92 Å². The van der Waals surface area contributed by atoms with Gasteiger partial charge >= 0.3 is 0 Å². The first-order chi connectivity index (χ1) is 7.76. The molecule has 0 aliphatic heterocycles. The van der Waals surface area contributed by atoms with Crippen LogP contribution in [0.3, 0.4) is 0 Å². The van der Waals surface area contributed by atoms with Crippen LogP contribution in [0.25, 0.3) is 10.9 Å². The first kappa shape index (κ1) is 11.0. The maximum absolute atomic E-state index is 5.55. The molecule has 0 unspecified atom stereocenters. The highest BCUT2D eigenvalue weighted by atomic mass is 16.5. The fourth-order valence-electron chi connectivity index (χ4n) is 2.03. The average molecular weight is 218 g/mol. The number of ether oxygens (including phenoxy) is 1. The first-order valence-corrected chi connectivity index (χ1v) is 5.60. The van der Waals surface area contributed by atoms with Gasteiger partial charge in [0.2, 0.25) is 0 Å². The van der Waals surface area contributed by atoms with Gasteiger partial charge in [0.25, 0.3) is 0 Å². The molecule has 0 atom stereocenters. The van der Waals surface area contributed by atoms with Gasteiger partial charge in [0.05, 0.1) is 12.6 Å². The van der Waals surface area contributed by atoms with Crippen LogP contribution in [0.15, 0.2) is 24.4 Å². The third-order valence-electron chi connectivity index (χ3n) is 2.89. The summed E-state index contributed by atoms with van der Waals surface area (Å²) in [5.41, 5.74) is 8.07. The van der Waals surface area contributed by atoms with Crippen LogP contribution in [-0.2, 0) is 6.54 Å². The second-order valence-corrected chi connectivity index (χ2v) is 4.03. The molecular formula is C13H18N2O. The SMILES string of the molecule is COc1ccc2c(C)cn(CCCN)c2c1. The number of benzene rings is 1. The maximum atomic E-state index is 5.55. The van der Waals surface area contributed by atoms with Crippen LogP contribution in [0.5, 0.6) is 5.75 Å². The lowest BCUT2D eigenvalue weighted by Crippen LogP contribution is -2.04. The molecule has 0 spiro atoms. The summed E-state index contributed by atoms with van der Waals surface area (Å²) in [6.45, 7) is 3.82. The van der Waals surface area contributed by atoms with Crippen molar-refractivity contribution in [1.29, 1.82) is 0 Å². The smallest absolute Gasteiger partial charge is 0.120 e. The Morgan fingerprint density at radius 2 is 2.19 bits per heavy atom. The van der Waals surface area contributed by atoms with E-state index in [9.17, 15) is 0 Å². The van der Waals surface area contributed by atoms with E-state index in [2.05, 4.69) is 29.8 Å². The van der Waals surface area contributed by atoms with Crippen LogP contribution >= 0.6 is 0 Å². The summed E-state index contributed by atoms with van der Waals surface area (Å²) in [6.07, 6.45) is 3.18. The molecular weight excluding hydrogens is 200 g/mol. The van der Waals surface area contributed by atoms with E-state index in [4.69, 9.17) is 10.5 Å². The van der Waals surface area contributed by atoms with Gasteiger partial charge in [0, 0.05) is 24.2 Å². The first-order valence-electron chi connectivity index (χ1n) is 5.60. The number of nitrogens with two attached hydrogens (primary N) is 1. The van der Waals surface area contributed by atoms with Gasteiger partial charge in [-0.1, -0.05) is 0 Å². The fourth-order valence-corrected chi connectivity index (χ4v) is 2.03. The lowest BCUT2D eigenvalue weighted by Gasteiger charge is -2.05. The minimum absolute atomic E-state index is 0.725. The molecule has 1 heterocycles. The highest BCUT2D eigenvalue weighted by Crippen LogP contribution is 2.25. The molecule has 0 bridgehead atoms. The molecule has 0 saturated carbocycles. The molecule has 1 aromatic heterocycles. The Bertz CT molecular complexity index is 488. The summed E-state index contributed by atoms with van der Waals surface area (Å²) in [4.78, 5) is 0. The number of aryl methyl sites for hydroxylation is 2. The van der Waals surface area contributed by atoms with Gasteiger partial charge in [-0.2, -0.15) is 0 Å². The third kappa shape index (κ3) is 1.91. The number of methoxy groups -OCH3 is 1. The topological polar surface area (TPSA) is 40.2 Å². The number of hydrogen-bond acceptors (Lipinski definition) is 2. The molecule has 0 fully saturated rings. The molecule has 2 N–H and O–H groups in total. The predicted octanol–water partition coefficient (Wildman–Crippen LogP) is 2.31. The monoisotopic (exact) mass is 218 g/mol. The number of rotatable bonds is 4. The summed E-state index contributed by atoms with van der Waals surface area (Å²) in [7, 11) is 1.70. The molecule has 1 aromatic carbocycles. The van der Waals surface area contributed by atoms with Gasteiger partial charge in [-0.05, 0) is 37.6 Å². The number of fused-ring (bicyclic) bond motifs is 1. The second-order valence-electron chi connectivity index (χ2n) is 4.03. The normalized spacial score (nSPS) is 10.9. The average Bonchev–Trinajstić information content (AvgIpc) is 2.63. The van der Waals surface area contributed by atoms with Gasteiger partial charge in [-0.25, -0.2) is 0 Å². The molecule has 3 heteroatoms. The minimum Gasteiger partial charge on any atom is -0.497 e. The van der Waals surface area contributed by atoms with Crippen molar-refractivity contribution < 1.29 is 4.74 Å². The number of hydrogen-bond donors (Lipinski definition) is 1. The standard InChI is InChI=1S/C13H18N2O/c1-10-9-15(7-3-6-14)13-8-11(16-2)4-5-12(10)13/h4-5,8-9H,3,6-7,14H2,1-2H3. The third-order valence-corrected chi connectivity index (χ3v) is 2.89. The Balaban J connectivity index is 2.47. The van der Waals surface area contributed by atoms with Gasteiger partial charge in [0.15, 0.2) is 0 Å². The molecule has 0 radical (unpaired) electrons. The molecule has 86 valence electrons. The number of nitrogens with zero attached hydrogens (tertiary/aromatic N) is 1. The maximum Gasteiger partial charge on any atom is 0.120 e. The fraction of sp³-hybridized carbons (Fsp3) is 0.385. The van der Waals surface area contributed by atoms with Crippen molar-refractivity contribution in [3.63, 3.8) is 0 Å². The summed E-state index contributed by atoms with van der Waals surface area (Å²) in [6, 6.07) is 6.20. The predicted molar refractivity (Wildman–Crippen MR) is 66.9 cm³/mol. The van der Waals surface area contributed by atoms with Crippen molar-refractivity contribution >= 4 is 10.9 Å². The Morgan fingerprint density at radius 1 is 1.38 bits per heavy atom. The van der Waals surface area contributed by atoms with Crippen molar-refractivity contribution in [2.45, 2.75) is 19.9 Å². The zero-order chi connectivity index (χ0) is 11.5.